The number of hydrogen-bond donors (Lipinski definition) is 1. The van der Waals surface area contributed by atoms with Crippen molar-refractivity contribution in [3.8, 4) is 10.7 Å². The van der Waals surface area contributed by atoms with E-state index in [1.54, 1.807) is 11.3 Å². The van der Waals surface area contributed by atoms with Crippen molar-refractivity contribution in [1.29, 1.82) is 0 Å². The molecule has 4 rings (SSSR count). The standard InChI is InChI=1S/C17H15N3O2S/c21-17(22)13-7-3-9-20(13)16-11-5-1-2-6-12(11)18-15(19-16)14-8-4-10-23-14/h1-2,4-6,8,10,13H,3,7,9H2,(H,21,22). The average molecular weight is 325 g/mol. The van der Waals surface area contributed by atoms with Crippen molar-refractivity contribution >= 4 is 34.0 Å². The fourth-order valence-corrected chi connectivity index (χ4v) is 3.73. The SMILES string of the molecule is O=C(O)C1CCCN1c1nc(-c2cccs2)nc2ccccc12. The Morgan fingerprint density at radius 2 is 2.09 bits per heavy atom. The van der Waals surface area contributed by atoms with Gasteiger partial charge in [0.2, 0.25) is 0 Å². The molecule has 1 aliphatic heterocycles. The zero-order chi connectivity index (χ0) is 15.8. The highest BCUT2D eigenvalue weighted by Crippen LogP contribution is 2.33. The quantitative estimate of drug-likeness (QED) is 0.799. The summed E-state index contributed by atoms with van der Waals surface area (Å²) in [5.41, 5.74) is 0.844. The Morgan fingerprint density at radius 3 is 2.87 bits per heavy atom. The van der Waals surface area contributed by atoms with Gasteiger partial charge >= 0.3 is 5.97 Å². The maximum atomic E-state index is 11.6. The van der Waals surface area contributed by atoms with Crippen LogP contribution in [-0.4, -0.2) is 33.6 Å². The number of fused-ring (bicyclic) bond motifs is 1. The fraction of sp³-hybridized carbons (Fsp3) is 0.235. The Bertz CT molecular complexity index is 863. The second kappa shape index (κ2) is 5.62. The molecule has 116 valence electrons. The third-order valence-electron chi connectivity index (χ3n) is 4.13. The first-order valence-electron chi connectivity index (χ1n) is 7.54. The number of benzene rings is 1. The largest absolute Gasteiger partial charge is 0.480 e. The van der Waals surface area contributed by atoms with Crippen LogP contribution in [0.3, 0.4) is 0 Å². The number of aliphatic carboxylic acids is 1. The van der Waals surface area contributed by atoms with E-state index in [0.717, 1.165) is 28.0 Å². The lowest BCUT2D eigenvalue weighted by Crippen LogP contribution is -2.36. The van der Waals surface area contributed by atoms with Crippen LogP contribution in [0.4, 0.5) is 5.82 Å². The molecule has 0 saturated carbocycles. The van der Waals surface area contributed by atoms with Crippen LogP contribution in [0.1, 0.15) is 12.8 Å². The van der Waals surface area contributed by atoms with Crippen LogP contribution in [0.5, 0.6) is 0 Å². The average Bonchev–Trinajstić information content (AvgIpc) is 3.25. The van der Waals surface area contributed by atoms with Gasteiger partial charge in [-0.1, -0.05) is 18.2 Å². The minimum Gasteiger partial charge on any atom is -0.480 e. The van der Waals surface area contributed by atoms with Crippen LogP contribution < -0.4 is 4.90 Å². The highest BCUT2D eigenvalue weighted by atomic mass is 32.1. The Labute approximate surface area is 137 Å². The van der Waals surface area contributed by atoms with Crippen molar-refractivity contribution < 1.29 is 9.90 Å². The summed E-state index contributed by atoms with van der Waals surface area (Å²) in [5.74, 6) is 0.594. The predicted molar refractivity (Wildman–Crippen MR) is 90.9 cm³/mol. The summed E-state index contributed by atoms with van der Waals surface area (Å²) in [7, 11) is 0. The van der Waals surface area contributed by atoms with E-state index in [4.69, 9.17) is 4.98 Å². The molecule has 1 fully saturated rings. The van der Waals surface area contributed by atoms with Gasteiger partial charge in [0.1, 0.15) is 11.9 Å². The summed E-state index contributed by atoms with van der Waals surface area (Å²) in [6, 6.07) is 11.2. The van der Waals surface area contributed by atoms with E-state index < -0.39 is 12.0 Å². The molecule has 0 bridgehead atoms. The number of nitrogens with zero attached hydrogens (tertiary/aromatic N) is 3. The smallest absolute Gasteiger partial charge is 0.326 e. The molecule has 5 nitrogen and oxygen atoms in total. The minimum atomic E-state index is -0.789. The third kappa shape index (κ3) is 2.45. The molecular formula is C17H15N3O2S. The van der Waals surface area contributed by atoms with Crippen molar-refractivity contribution in [2.45, 2.75) is 18.9 Å². The molecule has 6 heteroatoms. The number of anilines is 1. The van der Waals surface area contributed by atoms with E-state index in [1.807, 2.05) is 46.7 Å². The van der Waals surface area contributed by atoms with Gasteiger partial charge in [0, 0.05) is 11.9 Å². The molecule has 23 heavy (non-hydrogen) atoms. The van der Waals surface area contributed by atoms with E-state index in [2.05, 4.69) is 4.98 Å². The van der Waals surface area contributed by atoms with Crippen molar-refractivity contribution in [3.05, 3.63) is 41.8 Å². The Balaban J connectivity index is 1.92. The maximum absolute atomic E-state index is 11.6. The molecule has 1 saturated heterocycles. The lowest BCUT2D eigenvalue weighted by molar-refractivity contribution is -0.138. The first-order valence-corrected chi connectivity index (χ1v) is 8.42. The molecule has 1 atom stereocenters. The minimum absolute atomic E-state index is 0.510. The highest BCUT2D eigenvalue weighted by Gasteiger charge is 2.32. The van der Waals surface area contributed by atoms with Crippen LogP contribution >= 0.6 is 11.3 Å². The van der Waals surface area contributed by atoms with Gasteiger partial charge in [-0.25, -0.2) is 14.8 Å². The summed E-state index contributed by atoms with van der Waals surface area (Å²) in [6.07, 6.45) is 1.52. The van der Waals surface area contributed by atoms with Gasteiger partial charge in [0.05, 0.1) is 10.4 Å². The lowest BCUT2D eigenvalue weighted by atomic mass is 10.2. The Hall–Kier alpha value is -2.47. The van der Waals surface area contributed by atoms with Crippen LogP contribution in [-0.2, 0) is 4.79 Å². The molecule has 3 heterocycles. The normalized spacial score (nSPS) is 17.7. The topological polar surface area (TPSA) is 66.3 Å². The van der Waals surface area contributed by atoms with Crippen LogP contribution in [0.15, 0.2) is 41.8 Å². The zero-order valence-electron chi connectivity index (χ0n) is 12.3. The Morgan fingerprint density at radius 1 is 1.22 bits per heavy atom. The van der Waals surface area contributed by atoms with E-state index in [1.165, 1.54) is 0 Å². The summed E-state index contributed by atoms with van der Waals surface area (Å²) >= 11 is 1.58. The molecule has 2 aromatic heterocycles. The number of rotatable bonds is 3. The van der Waals surface area contributed by atoms with E-state index >= 15 is 0 Å². The van der Waals surface area contributed by atoms with Crippen LogP contribution in [0.2, 0.25) is 0 Å². The Kier molecular flexibility index (Phi) is 3.46. The molecule has 3 aromatic rings. The lowest BCUT2D eigenvalue weighted by Gasteiger charge is -2.24. The molecule has 1 aromatic carbocycles. The van der Waals surface area contributed by atoms with Crippen molar-refractivity contribution in [1.82, 2.24) is 9.97 Å². The first-order chi connectivity index (χ1) is 11.2. The number of carboxylic acid groups (broad SMARTS) is 1. The molecule has 1 N–H and O–H groups in total. The van der Waals surface area contributed by atoms with Crippen molar-refractivity contribution in [2.24, 2.45) is 0 Å². The molecule has 0 radical (unpaired) electrons. The van der Waals surface area contributed by atoms with E-state index in [-0.39, 0.29) is 0 Å². The zero-order valence-corrected chi connectivity index (χ0v) is 13.2. The van der Waals surface area contributed by atoms with Gasteiger partial charge in [0.15, 0.2) is 5.82 Å². The summed E-state index contributed by atoms with van der Waals surface area (Å²) in [6.45, 7) is 0.710. The second-order valence-corrected chi connectivity index (χ2v) is 6.50. The van der Waals surface area contributed by atoms with Gasteiger partial charge in [-0.2, -0.15) is 0 Å². The molecule has 0 spiro atoms. The molecule has 1 aliphatic rings. The number of carbonyl (C=O) groups is 1. The van der Waals surface area contributed by atoms with Gasteiger partial charge in [-0.05, 0) is 36.4 Å². The van der Waals surface area contributed by atoms with Crippen molar-refractivity contribution in [2.75, 3.05) is 11.4 Å². The number of para-hydroxylation sites is 1. The fourth-order valence-electron chi connectivity index (χ4n) is 3.07. The van der Waals surface area contributed by atoms with Gasteiger partial charge in [-0.15, -0.1) is 11.3 Å². The molecular weight excluding hydrogens is 310 g/mol. The van der Waals surface area contributed by atoms with Gasteiger partial charge in [-0.3, -0.25) is 0 Å². The van der Waals surface area contributed by atoms with E-state index in [9.17, 15) is 9.90 Å². The van der Waals surface area contributed by atoms with Crippen LogP contribution in [0.25, 0.3) is 21.6 Å². The number of aromatic nitrogens is 2. The first kappa shape index (κ1) is 14.1. The predicted octanol–water partition coefficient (Wildman–Crippen LogP) is 3.41. The second-order valence-electron chi connectivity index (χ2n) is 5.55. The number of hydrogen-bond acceptors (Lipinski definition) is 5. The third-order valence-corrected chi connectivity index (χ3v) is 5.00. The molecule has 1 unspecified atom stereocenters. The monoisotopic (exact) mass is 325 g/mol. The highest BCUT2D eigenvalue weighted by molar-refractivity contribution is 7.13. The van der Waals surface area contributed by atoms with Crippen LogP contribution in [0, 0.1) is 0 Å². The van der Waals surface area contributed by atoms with Gasteiger partial charge < -0.3 is 10.0 Å². The van der Waals surface area contributed by atoms with Crippen molar-refractivity contribution in [3.63, 3.8) is 0 Å². The summed E-state index contributed by atoms with van der Waals surface area (Å²) < 4.78 is 0. The summed E-state index contributed by atoms with van der Waals surface area (Å²) in [5, 5.41) is 12.4. The van der Waals surface area contributed by atoms with Gasteiger partial charge in [0.25, 0.3) is 0 Å². The maximum Gasteiger partial charge on any atom is 0.326 e. The number of thiophene rings is 1. The summed E-state index contributed by atoms with van der Waals surface area (Å²) in [4.78, 5) is 23.8. The van der Waals surface area contributed by atoms with E-state index in [0.29, 0.717) is 18.8 Å². The number of carboxylic acids is 1. The molecule has 0 amide bonds. The molecule has 0 aliphatic carbocycles.